The highest BCUT2D eigenvalue weighted by molar-refractivity contribution is 7.89. The van der Waals surface area contributed by atoms with Crippen molar-refractivity contribution in [1.29, 1.82) is 0 Å². The molecule has 124 valence electrons. The van der Waals surface area contributed by atoms with Crippen LogP contribution in [0.15, 0.2) is 29.2 Å². The number of hydrogen-bond acceptors (Lipinski definition) is 4. The Labute approximate surface area is 133 Å². The SMILES string of the molecule is CNCC1CCCN1S(=O)(=O)c1ccc(OCC(C)C)cc1. The Hall–Kier alpha value is -1.11. The molecule has 1 aromatic carbocycles. The van der Waals surface area contributed by atoms with Gasteiger partial charge in [0.2, 0.25) is 10.0 Å². The molecule has 1 heterocycles. The van der Waals surface area contributed by atoms with Gasteiger partial charge < -0.3 is 10.1 Å². The van der Waals surface area contributed by atoms with E-state index in [1.54, 1.807) is 28.6 Å². The average Bonchev–Trinajstić information content (AvgIpc) is 2.95. The van der Waals surface area contributed by atoms with Crippen LogP contribution in [0.2, 0.25) is 0 Å². The maximum Gasteiger partial charge on any atom is 0.243 e. The number of hydrogen-bond donors (Lipinski definition) is 1. The molecular formula is C16H26N2O3S. The Bertz CT molecular complexity index is 570. The van der Waals surface area contributed by atoms with Crippen LogP contribution in [0.3, 0.4) is 0 Å². The van der Waals surface area contributed by atoms with E-state index in [1.807, 2.05) is 7.05 Å². The normalized spacial score (nSPS) is 19.7. The Kier molecular flexibility index (Phi) is 5.83. The smallest absolute Gasteiger partial charge is 0.243 e. The number of rotatable bonds is 7. The van der Waals surface area contributed by atoms with Crippen molar-refractivity contribution >= 4 is 10.0 Å². The van der Waals surface area contributed by atoms with E-state index in [9.17, 15) is 8.42 Å². The first-order valence-corrected chi connectivity index (χ1v) is 9.28. The summed E-state index contributed by atoms with van der Waals surface area (Å²) in [6, 6.07) is 6.79. The number of likely N-dealkylation sites (N-methyl/N-ethyl adjacent to an activating group) is 1. The Balaban J connectivity index is 2.12. The van der Waals surface area contributed by atoms with Gasteiger partial charge in [-0.3, -0.25) is 0 Å². The van der Waals surface area contributed by atoms with Crippen molar-refractivity contribution in [3.05, 3.63) is 24.3 Å². The van der Waals surface area contributed by atoms with E-state index in [0.717, 1.165) is 12.8 Å². The largest absolute Gasteiger partial charge is 0.493 e. The second kappa shape index (κ2) is 7.44. The van der Waals surface area contributed by atoms with Crippen LogP contribution in [0.25, 0.3) is 0 Å². The fraction of sp³-hybridized carbons (Fsp3) is 0.625. The third-order valence-corrected chi connectivity index (χ3v) is 5.74. The van der Waals surface area contributed by atoms with Crippen LogP contribution in [-0.2, 0) is 10.0 Å². The third kappa shape index (κ3) is 4.00. The molecule has 0 amide bonds. The predicted octanol–water partition coefficient (Wildman–Crippen LogP) is 2.09. The highest BCUT2D eigenvalue weighted by Gasteiger charge is 2.34. The van der Waals surface area contributed by atoms with Crippen LogP contribution >= 0.6 is 0 Å². The zero-order valence-corrected chi connectivity index (χ0v) is 14.4. The summed E-state index contributed by atoms with van der Waals surface area (Å²) in [6.45, 7) is 6.07. The van der Waals surface area contributed by atoms with E-state index in [4.69, 9.17) is 4.74 Å². The van der Waals surface area contributed by atoms with Crippen molar-refractivity contribution in [2.24, 2.45) is 5.92 Å². The molecule has 22 heavy (non-hydrogen) atoms. The molecule has 1 saturated heterocycles. The zero-order valence-electron chi connectivity index (χ0n) is 13.6. The Morgan fingerprint density at radius 1 is 1.32 bits per heavy atom. The summed E-state index contributed by atoms with van der Waals surface area (Å²) in [7, 11) is -1.57. The lowest BCUT2D eigenvalue weighted by molar-refractivity contribution is 0.271. The molecule has 0 bridgehead atoms. The van der Waals surface area contributed by atoms with E-state index in [1.165, 1.54) is 0 Å². The van der Waals surface area contributed by atoms with E-state index >= 15 is 0 Å². The van der Waals surface area contributed by atoms with Crippen molar-refractivity contribution in [2.45, 2.75) is 37.6 Å². The molecule has 1 aromatic rings. The van der Waals surface area contributed by atoms with Gasteiger partial charge in [0.25, 0.3) is 0 Å². The molecule has 2 rings (SSSR count). The van der Waals surface area contributed by atoms with Crippen molar-refractivity contribution < 1.29 is 13.2 Å². The van der Waals surface area contributed by atoms with E-state index in [2.05, 4.69) is 19.2 Å². The molecule has 1 fully saturated rings. The monoisotopic (exact) mass is 326 g/mol. The Morgan fingerprint density at radius 3 is 2.59 bits per heavy atom. The highest BCUT2D eigenvalue weighted by Crippen LogP contribution is 2.27. The summed E-state index contributed by atoms with van der Waals surface area (Å²) in [4.78, 5) is 0.340. The minimum atomic E-state index is -3.42. The van der Waals surface area contributed by atoms with Crippen molar-refractivity contribution in [2.75, 3.05) is 26.7 Å². The fourth-order valence-corrected chi connectivity index (χ4v) is 4.36. The van der Waals surface area contributed by atoms with Crippen LogP contribution < -0.4 is 10.1 Å². The van der Waals surface area contributed by atoms with Gasteiger partial charge in [0.15, 0.2) is 0 Å². The molecule has 0 aliphatic carbocycles. The van der Waals surface area contributed by atoms with Gasteiger partial charge in [-0.25, -0.2) is 8.42 Å². The molecule has 1 unspecified atom stereocenters. The van der Waals surface area contributed by atoms with Gasteiger partial charge in [0.05, 0.1) is 11.5 Å². The number of benzene rings is 1. The lowest BCUT2D eigenvalue weighted by Gasteiger charge is -2.24. The predicted molar refractivity (Wildman–Crippen MR) is 87.6 cm³/mol. The summed E-state index contributed by atoms with van der Waals surface area (Å²) in [5, 5.41) is 3.07. The first-order valence-electron chi connectivity index (χ1n) is 7.84. The maximum absolute atomic E-state index is 12.8. The van der Waals surface area contributed by atoms with Gasteiger partial charge in [-0.15, -0.1) is 0 Å². The average molecular weight is 326 g/mol. The fourth-order valence-electron chi connectivity index (χ4n) is 2.67. The van der Waals surface area contributed by atoms with Crippen molar-refractivity contribution in [3.8, 4) is 5.75 Å². The molecule has 0 saturated carbocycles. The standard InChI is InChI=1S/C16H26N2O3S/c1-13(2)12-21-15-6-8-16(9-7-15)22(19,20)18-10-4-5-14(18)11-17-3/h6-9,13-14,17H,4-5,10-12H2,1-3H3. The van der Waals surface area contributed by atoms with Gasteiger partial charge in [-0.1, -0.05) is 13.8 Å². The minimum Gasteiger partial charge on any atom is -0.493 e. The molecule has 0 aromatic heterocycles. The zero-order chi connectivity index (χ0) is 16.2. The van der Waals surface area contributed by atoms with Crippen LogP contribution in [-0.4, -0.2) is 45.5 Å². The van der Waals surface area contributed by atoms with Crippen molar-refractivity contribution in [1.82, 2.24) is 9.62 Å². The van der Waals surface area contributed by atoms with Crippen molar-refractivity contribution in [3.63, 3.8) is 0 Å². The number of sulfonamides is 1. The third-order valence-electron chi connectivity index (χ3n) is 3.78. The summed E-state index contributed by atoms with van der Waals surface area (Å²) in [5.41, 5.74) is 0. The first-order chi connectivity index (χ1) is 10.4. The topological polar surface area (TPSA) is 58.6 Å². The van der Waals surface area contributed by atoms with Gasteiger partial charge in [0, 0.05) is 19.1 Å². The quantitative estimate of drug-likeness (QED) is 0.833. The lowest BCUT2D eigenvalue weighted by atomic mass is 10.2. The van der Waals surface area contributed by atoms with Crippen LogP contribution in [0.1, 0.15) is 26.7 Å². The molecule has 1 N–H and O–H groups in total. The summed E-state index contributed by atoms with van der Waals surface area (Å²) in [5.74, 6) is 1.15. The molecule has 1 atom stereocenters. The van der Waals surface area contributed by atoms with Gasteiger partial charge in [-0.2, -0.15) is 4.31 Å². The molecule has 0 radical (unpaired) electrons. The van der Waals surface area contributed by atoms with E-state index in [-0.39, 0.29) is 6.04 Å². The second-order valence-corrected chi connectivity index (χ2v) is 8.04. The molecular weight excluding hydrogens is 300 g/mol. The first kappa shape index (κ1) is 17.2. The molecule has 0 spiro atoms. The summed E-state index contributed by atoms with van der Waals surface area (Å²) >= 11 is 0. The highest BCUT2D eigenvalue weighted by atomic mass is 32.2. The van der Waals surface area contributed by atoms with Crippen LogP contribution in [0, 0.1) is 5.92 Å². The van der Waals surface area contributed by atoms with Gasteiger partial charge in [0.1, 0.15) is 5.75 Å². The van der Waals surface area contributed by atoms with E-state index < -0.39 is 10.0 Å². The molecule has 1 aliphatic rings. The number of ether oxygens (including phenoxy) is 1. The molecule has 6 heteroatoms. The maximum atomic E-state index is 12.8. The number of nitrogens with one attached hydrogen (secondary N) is 1. The van der Waals surface area contributed by atoms with Gasteiger partial charge >= 0.3 is 0 Å². The van der Waals surface area contributed by atoms with E-state index in [0.29, 0.717) is 36.3 Å². The molecule has 1 aliphatic heterocycles. The minimum absolute atomic E-state index is 0.0480. The van der Waals surface area contributed by atoms with Crippen LogP contribution in [0.5, 0.6) is 5.75 Å². The van der Waals surface area contributed by atoms with Gasteiger partial charge in [-0.05, 0) is 50.1 Å². The lowest BCUT2D eigenvalue weighted by Crippen LogP contribution is -2.40. The number of nitrogens with zero attached hydrogens (tertiary/aromatic N) is 1. The van der Waals surface area contributed by atoms with Crippen LogP contribution in [0.4, 0.5) is 0 Å². The Morgan fingerprint density at radius 2 is 2.00 bits per heavy atom. The summed E-state index contributed by atoms with van der Waals surface area (Å²) in [6.07, 6.45) is 1.83. The second-order valence-electron chi connectivity index (χ2n) is 6.15. The molecule has 5 nitrogen and oxygen atoms in total. The summed E-state index contributed by atoms with van der Waals surface area (Å²) < 4.78 is 32.7.